The summed E-state index contributed by atoms with van der Waals surface area (Å²) < 4.78 is 1.96. The van der Waals surface area contributed by atoms with E-state index in [9.17, 15) is 10.1 Å². The van der Waals surface area contributed by atoms with Gasteiger partial charge in [-0.2, -0.15) is 10.4 Å². The molecule has 1 aliphatic heterocycles. The Balaban J connectivity index is 1.74. The maximum atomic E-state index is 13.3. The van der Waals surface area contributed by atoms with Crippen molar-refractivity contribution in [3.63, 3.8) is 0 Å². The van der Waals surface area contributed by atoms with E-state index in [1.807, 2.05) is 42.7 Å². The molecule has 35 heavy (non-hydrogen) atoms. The number of benzene rings is 1. The van der Waals surface area contributed by atoms with Crippen LogP contribution < -0.4 is 0 Å². The zero-order valence-corrected chi connectivity index (χ0v) is 22.0. The van der Waals surface area contributed by atoms with Gasteiger partial charge in [0.1, 0.15) is 10.9 Å². The predicted octanol–water partition coefficient (Wildman–Crippen LogP) is 5.18. The largest absolute Gasteiger partial charge is 0.333 e. The van der Waals surface area contributed by atoms with Gasteiger partial charge in [0, 0.05) is 47.8 Å². The summed E-state index contributed by atoms with van der Waals surface area (Å²) >= 11 is 1.50. The first-order valence-electron chi connectivity index (χ1n) is 12.2. The molecule has 1 unspecified atom stereocenters. The SMILES string of the molecule is CCC(/C=C/C(=O)N1Cc2sc(C#N)cc2[C@H](c2ccccc2-c2cn(CC)nc2C)C1)N(C)C. The summed E-state index contributed by atoms with van der Waals surface area (Å²) in [5.41, 5.74) is 5.56. The van der Waals surface area contributed by atoms with E-state index in [4.69, 9.17) is 0 Å². The number of hydrogen-bond donors (Lipinski definition) is 0. The molecule has 0 radical (unpaired) electrons. The Kier molecular flexibility index (Phi) is 7.54. The molecule has 3 heterocycles. The van der Waals surface area contributed by atoms with Crippen molar-refractivity contribution in [1.29, 1.82) is 5.26 Å². The van der Waals surface area contributed by atoms with Gasteiger partial charge in [0.25, 0.3) is 0 Å². The van der Waals surface area contributed by atoms with Gasteiger partial charge in [-0.1, -0.05) is 37.3 Å². The highest BCUT2D eigenvalue weighted by Crippen LogP contribution is 2.42. The minimum atomic E-state index is -0.00847. The monoisotopic (exact) mass is 487 g/mol. The van der Waals surface area contributed by atoms with E-state index in [1.54, 1.807) is 6.08 Å². The normalized spacial score (nSPS) is 16.5. The van der Waals surface area contributed by atoms with E-state index in [2.05, 4.69) is 60.4 Å². The van der Waals surface area contributed by atoms with Crippen molar-refractivity contribution in [1.82, 2.24) is 19.6 Å². The van der Waals surface area contributed by atoms with Crippen molar-refractivity contribution < 1.29 is 4.79 Å². The van der Waals surface area contributed by atoms with Gasteiger partial charge >= 0.3 is 0 Å². The van der Waals surface area contributed by atoms with E-state index >= 15 is 0 Å². The van der Waals surface area contributed by atoms with Crippen LogP contribution in [0.5, 0.6) is 0 Å². The first kappa shape index (κ1) is 24.9. The highest BCUT2D eigenvalue weighted by Gasteiger charge is 2.32. The lowest BCUT2D eigenvalue weighted by atomic mass is 9.84. The van der Waals surface area contributed by atoms with Gasteiger partial charge in [-0.3, -0.25) is 9.48 Å². The minimum Gasteiger partial charge on any atom is -0.333 e. The zero-order valence-electron chi connectivity index (χ0n) is 21.2. The van der Waals surface area contributed by atoms with Crippen molar-refractivity contribution in [2.45, 2.75) is 52.2 Å². The van der Waals surface area contributed by atoms with Crippen LogP contribution in [0.3, 0.4) is 0 Å². The van der Waals surface area contributed by atoms with Crippen LogP contribution in [0.15, 0.2) is 48.7 Å². The average molecular weight is 488 g/mol. The molecule has 2 aromatic heterocycles. The first-order valence-corrected chi connectivity index (χ1v) is 13.0. The molecule has 0 saturated carbocycles. The van der Waals surface area contributed by atoms with Gasteiger partial charge in [0.2, 0.25) is 5.91 Å². The number of fused-ring (bicyclic) bond motifs is 1. The van der Waals surface area contributed by atoms with Gasteiger partial charge in [-0.15, -0.1) is 11.3 Å². The molecule has 0 N–H and O–H groups in total. The Bertz CT molecular complexity index is 1280. The number of thiophene rings is 1. The zero-order chi connectivity index (χ0) is 25.1. The quantitative estimate of drug-likeness (QED) is 0.431. The molecule has 1 amide bonds. The number of nitriles is 1. The Labute approximate surface area is 212 Å². The van der Waals surface area contributed by atoms with Crippen molar-refractivity contribution in [3.8, 4) is 17.2 Å². The summed E-state index contributed by atoms with van der Waals surface area (Å²) in [5.74, 6) is 0.00571. The first-order chi connectivity index (χ1) is 16.9. The molecular weight excluding hydrogens is 454 g/mol. The maximum absolute atomic E-state index is 13.3. The van der Waals surface area contributed by atoms with Crippen LogP contribution in [-0.4, -0.2) is 52.2 Å². The summed E-state index contributed by atoms with van der Waals surface area (Å²) in [6.07, 6.45) is 6.76. The average Bonchev–Trinajstić information content (AvgIpc) is 3.46. The molecule has 182 valence electrons. The lowest BCUT2D eigenvalue weighted by Crippen LogP contribution is -2.37. The van der Waals surface area contributed by atoms with E-state index in [0.29, 0.717) is 18.0 Å². The number of hydrogen-bond acceptors (Lipinski definition) is 5. The molecule has 0 aliphatic carbocycles. The standard InChI is InChI=1S/C28H33N5OS/c1-6-20(31(4)5)12-13-28(34)32-16-26(24-14-21(15-29)35-27(24)18-32)23-11-9-8-10-22(23)25-17-33(7-2)30-19(25)3/h8-14,17,20,26H,6-7,16,18H2,1-5H3/b13-12+/t20?,26-/m0/s1. The summed E-state index contributed by atoms with van der Waals surface area (Å²) in [5, 5.41) is 14.3. The Morgan fingerprint density at radius 1 is 1.29 bits per heavy atom. The van der Waals surface area contributed by atoms with Crippen molar-refractivity contribution in [2.75, 3.05) is 20.6 Å². The molecule has 0 bridgehead atoms. The van der Waals surface area contributed by atoms with E-state index in [1.165, 1.54) is 11.3 Å². The fraction of sp³-hybridized carbons (Fsp3) is 0.393. The summed E-state index contributed by atoms with van der Waals surface area (Å²) in [7, 11) is 4.06. The van der Waals surface area contributed by atoms with Crippen LogP contribution in [0.2, 0.25) is 0 Å². The fourth-order valence-corrected chi connectivity index (χ4v) is 5.91. The van der Waals surface area contributed by atoms with Crippen LogP contribution >= 0.6 is 11.3 Å². The number of aromatic nitrogens is 2. The van der Waals surface area contributed by atoms with Crippen molar-refractivity contribution in [2.24, 2.45) is 0 Å². The Morgan fingerprint density at radius 3 is 2.71 bits per heavy atom. The van der Waals surface area contributed by atoms with E-state index in [0.717, 1.165) is 45.8 Å². The molecule has 0 spiro atoms. The van der Waals surface area contributed by atoms with Gasteiger partial charge in [-0.05, 0) is 57.1 Å². The second-order valence-corrected chi connectivity index (χ2v) is 10.4. The third-order valence-electron chi connectivity index (χ3n) is 6.82. The molecule has 3 aromatic rings. The van der Waals surface area contributed by atoms with Crippen LogP contribution in [0.4, 0.5) is 0 Å². The predicted molar refractivity (Wildman–Crippen MR) is 141 cm³/mol. The maximum Gasteiger partial charge on any atom is 0.246 e. The van der Waals surface area contributed by atoms with Gasteiger partial charge in [-0.25, -0.2) is 0 Å². The van der Waals surface area contributed by atoms with E-state index in [-0.39, 0.29) is 17.9 Å². The fourth-order valence-electron chi connectivity index (χ4n) is 4.87. The van der Waals surface area contributed by atoms with Gasteiger partial charge < -0.3 is 9.80 Å². The molecule has 7 heteroatoms. The third kappa shape index (κ3) is 5.09. The molecule has 1 aromatic carbocycles. The lowest BCUT2D eigenvalue weighted by molar-refractivity contribution is -0.127. The summed E-state index contributed by atoms with van der Waals surface area (Å²) in [6.45, 7) is 8.17. The highest BCUT2D eigenvalue weighted by molar-refractivity contribution is 7.12. The smallest absolute Gasteiger partial charge is 0.246 e. The lowest BCUT2D eigenvalue weighted by Gasteiger charge is -2.33. The number of aryl methyl sites for hydroxylation is 2. The number of carbonyl (C=O) groups is 1. The van der Waals surface area contributed by atoms with Gasteiger partial charge in [0.15, 0.2) is 0 Å². The summed E-state index contributed by atoms with van der Waals surface area (Å²) in [4.78, 5) is 19.1. The summed E-state index contributed by atoms with van der Waals surface area (Å²) in [6, 6.07) is 12.9. The molecule has 1 aliphatic rings. The van der Waals surface area contributed by atoms with Crippen LogP contribution in [0.1, 0.15) is 52.8 Å². The number of nitrogens with zero attached hydrogens (tertiary/aromatic N) is 5. The second-order valence-electron chi connectivity index (χ2n) is 9.24. The van der Waals surface area contributed by atoms with Gasteiger partial charge in [0.05, 0.1) is 12.2 Å². The molecule has 2 atom stereocenters. The van der Waals surface area contributed by atoms with Crippen LogP contribution in [0.25, 0.3) is 11.1 Å². The number of rotatable bonds is 7. The third-order valence-corrected chi connectivity index (χ3v) is 7.86. The van der Waals surface area contributed by atoms with E-state index < -0.39 is 0 Å². The Hall–Kier alpha value is -3.21. The molecule has 0 saturated heterocycles. The minimum absolute atomic E-state index is 0.00847. The van der Waals surface area contributed by atoms with Crippen molar-refractivity contribution in [3.05, 3.63) is 75.3 Å². The van der Waals surface area contributed by atoms with Crippen molar-refractivity contribution >= 4 is 17.2 Å². The Morgan fingerprint density at radius 2 is 2.06 bits per heavy atom. The number of carbonyl (C=O) groups excluding carboxylic acids is 1. The molecular formula is C28H33N5OS. The number of amides is 1. The number of likely N-dealkylation sites (N-methyl/N-ethyl adjacent to an activating group) is 1. The highest BCUT2D eigenvalue weighted by atomic mass is 32.1. The molecule has 0 fully saturated rings. The molecule has 6 nitrogen and oxygen atoms in total. The molecule has 4 rings (SSSR count). The van der Waals surface area contributed by atoms with Crippen LogP contribution in [0, 0.1) is 18.3 Å². The topological polar surface area (TPSA) is 65.2 Å². The van der Waals surface area contributed by atoms with Crippen LogP contribution in [-0.2, 0) is 17.9 Å². The second kappa shape index (κ2) is 10.6.